The number of hydrogen-bond donors (Lipinski definition) is 1. The highest BCUT2D eigenvalue weighted by atomic mass is 16.6. The van der Waals surface area contributed by atoms with Gasteiger partial charge in [0.1, 0.15) is 23.6 Å². The number of ether oxygens (including phenoxy) is 3. The van der Waals surface area contributed by atoms with E-state index in [1.54, 1.807) is 18.6 Å². The number of nitrogens with zero attached hydrogens (tertiary/aromatic N) is 7. The first-order chi connectivity index (χ1) is 22.1. The fourth-order valence-corrected chi connectivity index (χ4v) is 5.51. The summed E-state index contributed by atoms with van der Waals surface area (Å²) in [5.74, 6) is 1.35. The van der Waals surface area contributed by atoms with Gasteiger partial charge in [0.25, 0.3) is 0 Å². The van der Waals surface area contributed by atoms with Crippen LogP contribution < -0.4 is 19.7 Å². The van der Waals surface area contributed by atoms with Gasteiger partial charge in [-0.05, 0) is 49.8 Å². The van der Waals surface area contributed by atoms with Crippen molar-refractivity contribution in [3.63, 3.8) is 0 Å². The first kappa shape index (κ1) is 29.9. The van der Waals surface area contributed by atoms with Crippen molar-refractivity contribution in [2.24, 2.45) is 0 Å². The third-order valence-corrected chi connectivity index (χ3v) is 8.03. The molecule has 0 atom stereocenters. The Morgan fingerprint density at radius 1 is 0.978 bits per heavy atom. The van der Waals surface area contributed by atoms with Crippen LogP contribution in [-0.2, 0) is 16.0 Å². The van der Waals surface area contributed by atoms with E-state index in [-0.39, 0.29) is 30.0 Å². The molecule has 0 radical (unpaired) electrons. The Balaban J connectivity index is 1.15. The average molecular weight is 607 g/mol. The molecule has 1 saturated carbocycles. The summed E-state index contributed by atoms with van der Waals surface area (Å²) in [6.45, 7) is 0.964. The molecule has 4 aromatic rings. The summed E-state index contributed by atoms with van der Waals surface area (Å²) in [6.07, 6.45) is 10.7. The summed E-state index contributed by atoms with van der Waals surface area (Å²) in [6, 6.07) is 16.4. The lowest BCUT2D eigenvalue weighted by molar-refractivity contribution is -0.119. The number of pyridine rings is 1. The maximum atomic E-state index is 13.8. The van der Waals surface area contributed by atoms with Crippen LogP contribution in [0.1, 0.15) is 43.2 Å². The fraction of sp³-hybridized carbons (Fsp3) is 0.364. The van der Waals surface area contributed by atoms with E-state index in [2.05, 4.69) is 31.3 Å². The molecule has 0 bridgehead atoms. The van der Waals surface area contributed by atoms with Gasteiger partial charge in [-0.15, -0.1) is 0 Å². The normalized spacial score (nSPS) is 17.9. The highest BCUT2D eigenvalue weighted by Crippen LogP contribution is 2.30. The van der Waals surface area contributed by atoms with Gasteiger partial charge >= 0.3 is 6.01 Å². The SMILES string of the molecule is COc1ncc(-c2ccc(N(C(=O)CCc3ccccc3)[C@H]3CC[C@H](Nc4ncc(C#N)c(OC5COC5)n4)CC3)nc2)cn1. The zero-order valence-corrected chi connectivity index (χ0v) is 25.0. The molecule has 12 heteroatoms. The van der Waals surface area contributed by atoms with Gasteiger partial charge in [0.15, 0.2) is 0 Å². The number of amides is 1. The van der Waals surface area contributed by atoms with Crippen molar-refractivity contribution in [1.82, 2.24) is 24.9 Å². The fourth-order valence-electron chi connectivity index (χ4n) is 5.51. The van der Waals surface area contributed by atoms with Crippen LogP contribution in [0.5, 0.6) is 11.9 Å². The molecule has 1 N–H and O–H groups in total. The van der Waals surface area contributed by atoms with Gasteiger partial charge < -0.3 is 19.5 Å². The number of nitriles is 1. The molecule has 1 aromatic carbocycles. The van der Waals surface area contributed by atoms with Crippen LogP contribution >= 0.6 is 0 Å². The second kappa shape index (κ2) is 14.1. The Labute approximate surface area is 261 Å². The van der Waals surface area contributed by atoms with Gasteiger partial charge in [-0.25, -0.2) is 19.9 Å². The van der Waals surface area contributed by atoms with E-state index in [0.29, 0.717) is 49.4 Å². The highest BCUT2D eigenvalue weighted by Gasteiger charge is 2.31. The number of carbonyl (C=O) groups excluding carboxylic acids is 1. The second-order valence-electron chi connectivity index (χ2n) is 11.1. The number of methoxy groups -OCH3 is 1. The molecule has 12 nitrogen and oxygen atoms in total. The van der Waals surface area contributed by atoms with Crippen molar-refractivity contribution in [3.8, 4) is 29.1 Å². The summed E-state index contributed by atoms with van der Waals surface area (Å²) in [5.41, 5.74) is 3.07. The van der Waals surface area contributed by atoms with E-state index in [1.807, 2.05) is 47.4 Å². The van der Waals surface area contributed by atoms with E-state index in [1.165, 1.54) is 13.3 Å². The Bertz CT molecular complexity index is 1620. The summed E-state index contributed by atoms with van der Waals surface area (Å²) in [7, 11) is 1.52. The molecular weight excluding hydrogens is 572 g/mol. The van der Waals surface area contributed by atoms with E-state index in [0.717, 1.165) is 42.4 Å². The first-order valence-corrected chi connectivity index (χ1v) is 15.1. The monoisotopic (exact) mass is 606 g/mol. The maximum absolute atomic E-state index is 13.8. The minimum Gasteiger partial charge on any atom is -0.468 e. The molecule has 230 valence electrons. The van der Waals surface area contributed by atoms with Crippen molar-refractivity contribution < 1.29 is 19.0 Å². The van der Waals surface area contributed by atoms with Crippen molar-refractivity contribution >= 4 is 17.7 Å². The van der Waals surface area contributed by atoms with Gasteiger partial charge in [0.2, 0.25) is 17.7 Å². The molecule has 6 rings (SSSR count). The van der Waals surface area contributed by atoms with E-state index in [4.69, 9.17) is 19.2 Å². The molecule has 1 amide bonds. The predicted octanol–water partition coefficient (Wildman–Crippen LogP) is 4.38. The van der Waals surface area contributed by atoms with Gasteiger partial charge in [-0.3, -0.25) is 9.69 Å². The van der Waals surface area contributed by atoms with Gasteiger partial charge in [-0.2, -0.15) is 10.2 Å². The number of aromatic nitrogens is 5. The molecule has 2 fully saturated rings. The Morgan fingerprint density at radius 2 is 1.73 bits per heavy atom. The minimum absolute atomic E-state index is 0.00612. The van der Waals surface area contributed by atoms with Crippen LogP contribution in [0.4, 0.5) is 11.8 Å². The summed E-state index contributed by atoms with van der Waals surface area (Å²) < 4.78 is 16.1. The van der Waals surface area contributed by atoms with Crippen molar-refractivity contribution in [2.75, 3.05) is 30.5 Å². The topological polar surface area (TPSA) is 148 Å². The Hall–Kier alpha value is -5.15. The lowest BCUT2D eigenvalue weighted by Crippen LogP contribution is -2.45. The first-order valence-electron chi connectivity index (χ1n) is 15.1. The lowest BCUT2D eigenvalue weighted by Gasteiger charge is -2.36. The molecule has 1 aliphatic heterocycles. The van der Waals surface area contributed by atoms with E-state index in [9.17, 15) is 10.1 Å². The molecular formula is C33H34N8O4. The Morgan fingerprint density at radius 3 is 2.38 bits per heavy atom. The Kier molecular flexibility index (Phi) is 9.36. The zero-order chi connectivity index (χ0) is 31.0. The summed E-state index contributed by atoms with van der Waals surface area (Å²) in [4.78, 5) is 37.6. The summed E-state index contributed by atoms with van der Waals surface area (Å²) in [5, 5.41) is 12.8. The van der Waals surface area contributed by atoms with Gasteiger partial charge in [-0.1, -0.05) is 30.3 Å². The molecule has 0 unspecified atom stereocenters. The minimum atomic E-state index is -0.104. The predicted molar refractivity (Wildman–Crippen MR) is 166 cm³/mol. The number of aryl methyl sites for hydroxylation is 1. The van der Waals surface area contributed by atoms with E-state index >= 15 is 0 Å². The molecule has 0 spiro atoms. The third kappa shape index (κ3) is 7.33. The number of carbonyl (C=O) groups is 1. The second-order valence-corrected chi connectivity index (χ2v) is 11.1. The molecule has 3 aromatic heterocycles. The molecule has 1 aliphatic carbocycles. The van der Waals surface area contributed by atoms with Crippen LogP contribution in [0.15, 0.2) is 67.3 Å². The van der Waals surface area contributed by atoms with E-state index < -0.39 is 0 Å². The van der Waals surface area contributed by atoms with Crippen molar-refractivity contribution in [2.45, 2.75) is 56.7 Å². The number of hydrogen-bond acceptors (Lipinski definition) is 11. The van der Waals surface area contributed by atoms with Crippen molar-refractivity contribution in [3.05, 3.63) is 78.4 Å². The molecule has 1 saturated heterocycles. The highest BCUT2D eigenvalue weighted by molar-refractivity contribution is 5.93. The number of anilines is 2. The van der Waals surface area contributed by atoms with Crippen LogP contribution in [-0.4, -0.2) is 69.3 Å². The molecule has 2 aliphatic rings. The van der Waals surface area contributed by atoms with Crippen LogP contribution in [0.25, 0.3) is 11.1 Å². The van der Waals surface area contributed by atoms with Crippen LogP contribution in [0.2, 0.25) is 0 Å². The van der Waals surface area contributed by atoms with Crippen molar-refractivity contribution in [1.29, 1.82) is 5.26 Å². The maximum Gasteiger partial charge on any atom is 0.316 e. The average Bonchev–Trinajstić information content (AvgIpc) is 3.07. The van der Waals surface area contributed by atoms with Crippen LogP contribution in [0.3, 0.4) is 0 Å². The third-order valence-electron chi connectivity index (χ3n) is 8.03. The number of rotatable bonds is 11. The lowest BCUT2D eigenvalue weighted by atomic mass is 9.89. The zero-order valence-electron chi connectivity index (χ0n) is 25.0. The van der Waals surface area contributed by atoms with Gasteiger partial charge in [0, 0.05) is 48.2 Å². The molecule has 4 heterocycles. The quantitative estimate of drug-likeness (QED) is 0.259. The molecule has 45 heavy (non-hydrogen) atoms. The van der Waals surface area contributed by atoms with Gasteiger partial charge in [0.05, 0.1) is 26.5 Å². The smallest absolute Gasteiger partial charge is 0.316 e. The summed E-state index contributed by atoms with van der Waals surface area (Å²) >= 11 is 0. The standard InChI is InChI=1S/C33H34N8O4/c1-43-33-37-18-25(19-38-33)23-8-13-29(35-16-23)41(30(42)14-7-22-5-3-2-4-6-22)27-11-9-26(10-12-27)39-32-36-17-24(15-34)31(40-32)45-28-20-44-21-28/h2-6,8,13,16-19,26-28H,7,9-12,14,20-21H2,1H3,(H,36,39,40)/t26-,27-. The number of nitrogens with one attached hydrogen (secondary N) is 1. The van der Waals surface area contributed by atoms with Crippen LogP contribution in [0, 0.1) is 11.3 Å². The number of benzene rings is 1. The largest absolute Gasteiger partial charge is 0.468 e.